The van der Waals surface area contributed by atoms with Gasteiger partial charge in [-0.05, 0) is 61.7 Å². The molecule has 0 unspecified atom stereocenters. The maximum Gasteiger partial charge on any atom is 0.326 e. The van der Waals surface area contributed by atoms with E-state index < -0.39 is 30.1 Å². The Labute approximate surface area is 210 Å². The first-order chi connectivity index (χ1) is 16.9. The molecule has 2 heterocycles. The van der Waals surface area contributed by atoms with E-state index in [-0.39, 0.29) is 25.5 Å². The van der Waals surface area contributed by atoms with Crippen molar-refractivity contribution >= 4 is 29.2 Å². The summed E-state index contributed by atoms with van der Waals surface area (Å²) in [5.41, 5.74) is 7.73. The number of benzene rings is 1. The van der Waals surface area contributed by atoms with Crippen molar-refractivity contribution in [1.29, 1.82) is 0 Å². The number of hydrogen-bond acceptors (Lipinski definition) is 7. The van der Waals surface area contributed by atoms with Gasteiger partial charge in [-0.25, -0.2) is 4.79 Å². The summed E-state index contributed by atoms with van der Waals surface area (Å²) in [6, 6.07) is 9.41. The lowest BCUT2D eigenvalue weighted by Crippen LogP contribution is -2.57. The number of nitrogens with zero attached hydrogens (tertiary/aromatic N) is 1. The average Bonchev–Trinajstić information content (AvgIpc) is 3.32. The molecule has 2 aromatic rings. The number of carboxylic acids is 1. The lowest BCUT2D eigenvalue weighted by molar-refractivity contribution is -0.153. The number of fused-ring (bicyclic) bond motifs is 1. The fourth-order valence-corrected chi connectivity index (χ4v) is 5.32. The maximum atomic E-state index is 13.8. The molecule has 0 saturated heterocycles. The quantitative estimate of drug-likeness (QED) is 0.285. The van der Waals surface area contributed by atoms with Gasteiger partial charge in [0.25, 0.3) is 0 Å². The van der Waals surface area contributed by atoms with Crippen molar-refractivity contribution < 1.29 is 24.2 Å². The van der Waals surface area contributed by atoms with Crippen LogP contribution in [0.2, 0.25) is 0 Å². The van der Waals surface area contributed by atoms with Crippen LogP contribution in [-0.2, 0) is 38.5 Å². The van der Waals surface area contributed by atoms with Crippen molar-refractivity contribution in [2.24, 2.45) is 5.73 Å². The molecule has 0 saturated carbocycles. The number of aliphatic carboxylic acids is 1. The molecule has 0 radical (unpaired) electrons. The molecule has 0 fully saturated rings. The van der Waals surface area contributed by atoms with Gasteiger partial charge in [-0.2, -0.15) is 0 Å². The van der Waals surface area contributed by atoms with E-state index in [0.29, 0.717) is 32.2 Å². The summed E-state index contributed by atoms with van der Waals surface area (Å²) in [7, 11) is 0. The van der Waals surface area contributed by atoms with E-state index in [1.807, 2.05) is 41.8 Å². The number of ether oxygens (including phenoxy) is 1. The Morgan fingerprint density at radius 1 is 1.17 bits per heavy atom. The number of aryl methyl sites for hydroxylation is 1. The maximum absolute atomic E-state index is 13.8. The van der Waals surface area contributed by atoms with E-state index >= 15 is 0 Å². The number of hydrogen-bond donors (Lipinski definition) is 3. The number of nitrogens with one attached hydrogen (secondary N) is 1. The van der Waals surface area contributed by atoms with E-state index in [1.54, 1.807) is 6.92 Å². The predicted molar refractivity (Wildman–Crippen MR) is 135 cm³/mol. The van der Waals surface area contributed by atoms with Gasteiger partial charge in [-0.1, -0.05) is 36.8 Å². The zero-order valence-corrected chi connectivity index (χ0v) is 21.0. The first kappa shape index (κ1) is 26.8. The van der Waals surface area contributed by atoms with Crippen molar-refractivity contribution in [3.63, 3.8) is 0 Å². The van der Waals surface area contributed by atoms with E-state index in [1.165, 1.54) is 16.2 Å². The molecule has 0 aliphatic carbocycles. The molecule has 0 bridgehead atoms. The minimum atomic E-state index is -1.03. The largest absolute Gasteiger partial charge is 0.480 e. The fourth-order valence-electron chi connectivity index (χ4n) is 4.40. The zero-order chi connectivity index (χ0) is 25.2. The molecule has 190 valence electrons. The second-order valence-electron chi connectivity index (χ2n) is 8.73. The number of carbonyl (C=O) groups excluding carboxylic acids is 2. The van der Waals surface area contributed by atoms with Crippen LogP contribution in [0.3, 0.4) is 0 Å². The van der Waals surface area contributed by atoms with Gasteiger partial charge in [0.2, 0.25) is 5.91 Å². The van der Waals surface area contributed by atoms with Crippen LogP contribution >= 0.6 is 11.3 Å². The molecule has 1 aromatic carbocycles. The second kappa shape index (κ2) is 13.4. The summed E-state index contributed by atoms with van der Waals surface area (Å²) in [4.78, 5) is 41.1. The lowest BCUT2D eigenvalue weighted by atomic mass is 9.97. The van der Waals surface area contributed by atoms with Crippen molar-refractivity contribution in [1.82, 2.24) is 10.2 Å². The molecule has 1 aliphatic heterocycles. The Morgan fingerprint density at radius 2 is 1.94 bits per heavy atom. The molecule has 1 aliphatic rings. The van der Waals surface area contributed by atoms with Crippen LogP contribution < -0.4 is 11.1 Å². The fraction of sp³-hybridized carbons (Fsp3) is 0.500. The van der Waals surface area contributed by atoms with Gasteiger partial charge in [0, 0.05) is 11.3 Å². The highest BCUT2D eigenvalue weighted by Crippen LogP contribution is 2.29. The first-order valence-electron chi connectivity index (χ1n) is 12.2. The molecule has 1 amide bonds. The summed E-state index contributed by atoms with van der Waals surface area (Å²) < 4.78 is 5.30. The van der Waals surface area contributed by atoms with Crippen LogP contribution in [0.25, 0.3) is 0 Å². The summed E-state index contributed by atoms with van der Waals surface area (Å²) in [6.07, 6.45) is 3.26. The Bertz CT molecular complexity index is 980. The van der Waals surface area contributed by atoms with Crippen LogP contribution in [0.1, 0.15) is 48.6 Å². The highest BCUT2D eigenvalue weighted by Gasteiger charge is 2.39. The standard InChI is InChI=1S/C26H35N3O5S/c1-2-34-26(33)21(12-11-18-8-4-3-5-9-18)28-20(10-6-7-14-27)24(30)29-17-23-19(13-15-35-23)16-22(29)25(31)32/h3-5,8-9,13,15,20-22,28H,2,6-7,10-12,14,16-17,27H2,1H3,(H,31,32)/t20-,21-,22-/m0/s1. The summed E-state index contributed by atoms with van der Waals surface area (Å²) in [5.74, 6) is -1.74. The molecular formula is C26H35N3O5S. The number of nitrogens with two attached hydrogens (primary N) is 1. The topological polar surface area (TPSA) is 122 Å². The van der Waals surface area contributed by atoms with E-state index in [4.69, 9.17) is 10.5 Å². The second-order valence-corrected chi connectivity index (χ2v) is 9.73. The predicted octanol–water partition coefficient (Wildman–Crippen LogP) is 2.74. The smallest absolute Gasteiger partial charge is 0.326 e. The minimum Gasteiger partial charge on any atom is -0.480 e. The van der Waals surface area contributed by atoms with Gasteiger partial charge in [0.1, 0.15) is 12.1 Å². The van der Waals surface area contributed by atoms with Crippen LogP contribution in [-0.4, -0.2) is 59.1 Å². The normalized spacial score (nSPS) is 16.9. The Hall–Kier alpha value is -2.75. The minimum absolute atomic E-state index is 0.239. The van der Waals surface area contributed by atoms with Gasteiger partial charge in [0.15, 0.2) is 0 Å². The molecule has 3 atom stereocenters. The summed E-state index contributed by atoms with van der Waals surface area (Å²) >= 11 is 1.53. The summed E-state index contributed by atoms with van der Waals surface area (Å²) in [6.45, 7) is 2.74. The third-order valence-electron chi connectivity index (χ3n) is 6.29. The molecule has 3 rings (SSSR count). The molecule has 4 N–H and O–H groups in total. The van der Waals surface area contributed by atoms with Crippen molar-refractivity contribution in [3.8, 4) is 0 Å². The van der Waals surface area contributed by atoms with Gasteiger partial charge in [-0.15, -0.1) is 11.3 Å². The lowest BCUT2D eigenvalue weighted by Gasteiger charge is -2.36. The first-order valence-corrected chi connectivity index (χ1v) is 13.1. The van der Waals surface area contributed by atoms with Crippen molar-refractivity contribution in [2.75, 3.05) is 13.2 Å². The van der Waals surface area contributed by atoms with E-state index in [0.717, 1.165) is 22.4 Å². The van der Waals surface area contributed by atoms with Crippen LogP contribution in [0.5, 0.6) is 0 Å². The monoisotopic (exact) mass is 501 g/mol. The average molecular weight is 502 g/mol. The number of esters is 1. The Morgan fingerprint density at radius 3 is 2.63 bits per heavy atom. The number of rotatable bonds is 13. The van der Waals surface area contributed by atoms with E-state index in [2.05, 4.69) is 5.32 Å². The molecule has 9 heteroatoms. The van der Waals surface area contributed by atoms with Gasteiger partial charge in [-0.3, -0.25) is 14.9 Å². The molecule has 0 spiro atoms. The molecule has 35 heavy (non-hydrogen) atoms. The van der Waals surface area contributed by atoms with Gasteiger partial charge in [0.05, 0.1) is 19.2 Å². The van der Waals surface area contributed by atoms with Crippen LogP contribution in [0.4, 0.5) is 0 Å². The highest BCUT2D eigenvalue weighted by atomic mass is 32.1. The molecule has 1 aromatic heterocycles. The summed E-state index contributed by atoms with van der Waals surface area (Å²) in [5, 5.41) is 15.0. The van der Waals surface area contributed by atoms with Gasteiger partial charge >= 0.3 is 11.9 Å². The zero-order valence-electron chi connectivity index (χ0n) is 20.2. The van der Waals surface area contributed by atoms with E-state index in [9.17, 15) is 19.5 Å². The number of unbranched alkanes of at least 4 members (excludes halogenated alkanes) is 1. The Balaban J connectivity index is 1.80. The Kier molecular flexibility index (Phi) is 10.3. The SMILES string of the molecule is CCOC(=O)[C@H](CCc1ccccc1)N[C@@H](CCCCN)C(=O)N1Cc2sccc2C[C@H]1C(=O)O. The molecular weight excluding hydrogens is 466 g/mol. The van der Waals surface area contributed by atoms with Crippen molar-refractivity contribution in [2.45, 2.75) is 70.1 Å². The number of amides is 1. The number of carbonyl (C=O) groups is 3. The molecule has 8 nitrogen and oxygen atoms in total. The van der Waals surface area contributed by atoms with Crippen molar-refractivity contribution in [3.05, 3.63) is 57.8 Å². The number of carboxylic acid groups (broad SMARTS) is 1. The van der Waals surface area contributed by atoms with Crippen LogP contribution in [0.15, 0.2) is 41.8 Å². The highest BCUT2D eigenvalue weighted by molar-refractivity contribution is 7.10. The third kappa shape index (κ3) is 7.37. The number of thiophene rings is 1. The van der Waals surface area contributed by atoms with Gasteiger partial charge < -0.3 is 20.5 Å². The third-order valence-corrected chi connectivity index (χ3v) is 7.24. The van der Waals surface area contributed by atoms with Crippen LogP contribution in [0, 0.1) is 0 Å².